The minimum atomic E-state index is -0.461. The highest BCUT2D eigenvalue weighted by Crippen LogP contribution is 2.36. The molecule has 5 nitrogen and oxygen atoms in total. The zero-order valence-corrected chi connectivity index (χ0v) is 12.6. The molecule has 0 aliphatic carbocycles. The van der Waals surface area contributed by atoms with Gasteiger partial charge in [-0.05, 0) is 12.5 Å². The second-order valence-corrected chi connectivity index (χ2v) is 6.14. The zero-order valence-electron chi connectivity index (χ0n) is 11.8. The van der Waals surface area contributed by atoms with E-state index in [2.05, 4.69) is 18.0 Å². The Morgan fingerprint density at radius 3 is 2.80 bits per heavy atom. The van der Waals surface area contributed by atoms with Gasteiger partial charge in [0.15, 0.2) is 5.82 Å². The van der Waals surface area contributed by atoms with Crippen molar-refractivity contribution in [1.29, 1.82) is 0 Å². The van der Waals surface area contributed by atoms with Gasteiger partial charge in [0, 0.05) is 38.0 Å². The molecule has 3 rings (SSSR count). The fourth-order valence-corrected chi connectivity index (χ4v) is 3.57. The molecular weight excluding hydrogens is 274 g/mol. The third-order valence-electron chi connectivity index (χ3n) is 3.92. The van der Waals surface area contributed by atoms with Crippen molar-refractivity contribution in [2.45, 2.75) is 31.8 Å². The third kappa shape index (κ3) is 2.17. The molecule has 3 heterocycles. The van der Waals surface area contributed by atoms with Gasteiger partial charge in [0.2, 0.25) is 0 Å². The van der Waals surface area contributed by atoms with E-state index in [-0.39, 0.29) is 0 Å². The van der Waals surface area contributed by atoms with Crippen LogP contribution >= 0.6 is 11.3 Å². The number of fused-ring (bicyclic) bond motifs is 1. The van der Waals surface area contributed by atoms with Gasteiger partial charge in [0.1, 0.15) is 16.2 Å². The Morgan fingerprint density at radius 2 is 2.15 bits per heavy atom. The van der Waals surface area contributed by atoms with E-state index in [9.17, 15) is 0 Å². The number of hydrogen-bond acceptors (Lipinski definition) is 6. The van der Waals surface area contributed by atoms with Gasteiger partial charge in [0.25, 0.3) is 0 Å². The molecule has 6 heteroatoms. The second-order valence-electron chi connectivity index (χ2n) is 5.03. The lowest BCUT2D eigenvalue weighted by atomic mass is 9.93. The van der Waals surface area contributed by atoms with E-state index in [0.29, 0.717) is 24.9 Å². The molecule has 0 bridgehead atoms. The molecule has 1 fully saturated rings. The minimum Gasteiger partial charge on any atom is -0.383 e. The Balaban J connectivity index is 2.10. The number of ether oxygens (including phenoxy) is 2. The largest absolute Gasteiger partial charge is 0.383 e. The quantitative estimate of drug-likeness (QED) is 0.941. The summed E-state index contributed by atoms with van der Waals surface area (Å²) in [5, 5.41) is 0.953. The van der Waals surface area contributed by atoms with E-state index < -0.39 is 5.60 Å². The number of nitrogens with zero attached hydrogens (tertiary/aromatic N) is 2. The Kier molecular flexibility index (Phi) is 3.62. The Morgan fingerprint density at radius 1 is 1.40 bits per heavy atom. The van der Waals surface area contributed by atoms with Gasteiger partial charge in [-0.15, -0.1) is 11.3 Å². The van der Waals surface area contributed by atoms with Crippen molar-refractivity contribution in [3.63, 3.8) is 0 Å². The number of hydrogen-bond donors (Lipinski definition) is 1. The van der Waals surface area contributed by atoms with E-state index in [4.69, 9.17) is 20.2 Å². The van der Waals surface area contributed by atoms with E-state index in [1.165, 1.54) is 4.88 Å². The first-order valence-electron chi connectivity index (χ1n) is 6.88. The highest BCUT2D eigenvalue weighted by Gasteiger charge is 2.38. The van der Waals surface area contributed by atoms with E-state index in [1.807, 2.05) is 0 Å². The van der Waals surface area contributed by atoms with Crippen LogP contribution in [0.3, 0.4) is 0 Å². The Bertz CT molecular complexity index is 620. The van der Waals surface area contributed by atoms with E-state index in [0.717, 1.165) is 29.5 Å². The summed E-state index contributed by atoms with van der Waals surface area (Å²) in [6.07, 6.45) is 2.51. The Labute approximate surface area is 122 Å². The molecule has 1 saturated heterocycles. The highest BCUT2D eigenvalue weighted by molar-refractivity contribution is 7.18. The molecule has 1 aliphatic rings. The summed E-state index contributed by atoms with van der Waals surface area (Å²) in [7, 11) is 1.71. The number of rotatable bonds is 3. The molecule has 0 amide bonds. The second kappa shape index (κ2) is 5.27. The van der Waals surface area contributed by atoms with Crippen molar-refractivity contribution in [3.8, 4) is 0 Å². The van der Waals surface area contributed by atoms with Crippen LogP contribution in [0.1, 0.15) is 30.5 Å². The molecule has 2 aromatic heterocycles. The van der Waals surface area contributed by atoms with Gasteiger partial charge < -0.3 is 15.2 Å². The van der Waals surface area contributed by atoms with Gasteiger partial charge >= 0.3 is 0 Å². The van der Waals surface area contributed by atoms with Crippen LogP contribution in [0.25, 0.3) is 10.2 Å². The average molecular weight is 293 g/mol. The lowest BCUT2D eigenvalue weighted by molar-refractivity contribution is -0.0997. The summed E-state index contributed by atoms with van der Waals surface area (Å²) in [5.41, 5.74) is 5.65. The van der Waals surface area contributed by atoms with E-state index in [1.54, 1.807) is 18.4 Å². The maximum Gasteiger partial charge on any atom is 0.164 e. The fraction of sp³-hybridized carbons (Fsp3) is 0.571. The van der Waals surface area contributed by atoms with E-state index >= 15 is 0 Å². The van der Waals surface area contributed by atoms with Gasteiger partial charge in [0.05, 0.1) is 5.39 Å². The lowest BCUT2D eigenvalue weighted by Gasteiger charge is -2.34. The van der Waals surface area contributed by atoms with Crippen molar-refractivity contribution in [3.05, 3.63) is 16.8 Å². The molecule has 0 saturated carbocycles. The predicted octanol–water partition coefficient (Wildman–Crippen LogP) is 2.49. The number of nitrogen functional groups attached to an aromatic ring is 1. The molecule has 0 aromatic carbocycles. The van der Waals surface area contributed by atoms with Crippen molar-refractivity contribution in [1.82, 2.24) is 9.97 Å². The van der Waals surface area contributed by atoms with Crippen LogP contribution in [0.5, 0.6) is 0 Å². The van der Waals surface area contributed by atoms with Crippen LogP contribution in [0.2, 0.25) is 0 Å². The maximum atomic E-state index is 6.11. The predicted molar refractivity (Wildman–Crippen MR) is 79.9 cm³/mol. The van der Waals surface area contributed by atoms with Crippen LogP contribution < -0.4 is 5.73 Å². The van der Waals surface area contributed by atoms with Crippen LogP contribution in [-0.4, -0.2) is 30.3 Å². The molecule has 20 heavy (non-hydrogen) atoms. The molecular formula is C14H19N3O2S. The molecule has 2 aromatic rings. The fourth-order valence-electron chi connectivity index (χ4n) is 2.59. The van der Waals surface area contributed by atoms with Gasteiger partial charge in [-0.25, -0.2) is 9.97 Å². The SMILES string of the molecule is CCc1cc2c(N)nc(C3(OC)CCOCC3)nc2s1. The first-order chi connectivity index (χ1) is 9.68. The van der Waals surface area contributed by atoms with Gasteiger partial charge in [-0.1, -0.05) is 6.92 Å². The molecule has 0 spiro atoms. The van der Waals surface area contributed by atoms with Crippen LogP contribution in [-0.2, 0) is 21.5 Å². The number of thiophene rings is 1. The van der Waals surface area contributed by atoms with Crippen molar-refractivity contribution < 1.29 is 9.47 Å². The summed E-state index contributed by atoms with van der Waals surface area (Å²) in [5.74, 6) is 1.24. The van der Waals surface area contributed by atoms with Gasteiger partial charge in [-0.3, -0.25) is 0 Å². The zero-order chi connectivity index (χ0) is 14.2. The Hall–Kier alpha value is -1.24. The lowest BCUT2D eigenvalue weighted by Crippen LogP contribution is -2.37. The molecule has 0 radical (unpaired) electrons. The summed E-state index contributed by atoms with van der Waals surface area (Å²) >= 11 is 1.68. The number of aromatic nitrogens is 2. The molecule has 0 atom stereocenters. The van der Waals surface area contributed by atoms with Crippen molar-refractivity contribution in [2.75, 3.05) is 26.1 Å². The topological polar surface area (TPSA) is 70.3 Å². The monoisotopic (exact) mass is 293 g/mol. The minimum absolute atomic E-state index is 0.461. The molecule has 1 aliphatic heterocycles. The normalized spacial score (nSPS) is 18.5. The molecule has 0 unspecified atom stereocenters. The number of methoxy groups -OCH3 is 1. The summed E-state index contributed by atoms with van der Waals surface area (Å²) in [4.78, 5) is 11.5. The molecule has 2 N–H and O–H groups in total. The van der Waals surface area contributed by atoms with Crippen LogP contribution in [0.15, 0.2) is 6.07 Å². The molecule has 108 valence electrons. The first-order valence-corrected chi connectivity index (χ1v) is 7.69. The number of anilines is 1. The standard InChI is InChI=1S/C14H19N3O2S/c1-3-9-8-10-11(15)16-13(17-12(10)20-9)14(18-2)4-6-19-7-5-14/h8H,3-7H2,1-2H3,(H2,15,16,17). The first kappa shape index (κ1) is 13.7. The number of nitrogens with two attached hydrogens (primary N) is 1. The van der Waals surface area contributed by atoms with Crippen LogP contribution in [0.4, 0.5) is 5.82 Å². The van der Waals surface area contributed by atoms with Crippen LogP contribution in [0, 0.1) is 0 Å². The average Bonchev–Trinajstić information content (AvgIpc) is 2.92. The highest BCUT2D eigenvalue weighted by atomic mass is 32.1. The van der Waals surface area contributed by atoms with Crippen molar-refractivity contribution >= 4 is 27.4 Å². The number of aryl methyl sites for hydroxylation is 1. The van der Waals surface area contributed by atoms with Crippen molar-refractivity contribution in [2.24, 2.45) is 0 Å². The summed E-state index contributed by atoms with van der Waals surface area (Å²) < 4.78 is 11.2. The third-order valence-corrected chi connectivity index (χ3v) is 5.09. The van der Waals surface area contributed by atoms with Gasteiger partial charge in [-0.2, -0.15) is 0 Å². The summed E-state index contributed by atoms with van der Waals surface area (Å²) in [6, 6.07) is 2.09. The smallest absolute Gasteiger partial charge is 0.164 e. The maximum absolute atomic E-state index is 6.11. The summed E-state index contributed by atoms with van der Waals surface area (Å²) in [6.45, 7) is 3.46.